The third-order valence-corrected chi connectivity index (χ3v) is 5.34. The average Bonchev–Trinajstić information content (AvgIpc) is 2.65. The SMILES string of the molecule is CCCc1cc2c(c(=O)n1C)C(c1ccc(Cl)cc1Cl)C(C(=O)OC)=C(N)O2. The molecule has 2 N–H and O–H groups in total. The Bertz CT molecular complexity index is 1040. The van der Waals surface area contributed by atoms with Crippen molar-refractivity contribution in [2.45, 2.75) is 25.7 Å². The molecule has 0 fully saturated rings. The van der Waals surface area contributed by atoms with Gasteiger partial charge in [0, 0.05) is 28.9 Å². The molecule has 6 nitrogen and oxygen atoms in total. The fraction of sp³-hybridized carbons (Fsp3) is 0.300. The molecule has 0 saturated carbocycles. The van der Waals surface area contributed by atoms with Crippen molar-refractivity contribution in [1.29, 1.82) is 0 Å². The summed E-state index contributed by atoms with van der Waals surface area (Å²) in [5.74, 6) is -1.34. The van der Waals surface area contributed by atoms with Gasteiger partial charge in [0.05, 0.1) is 18.6 Å². The number of hydrogen-bond donors (Lipinski definition) is 1. The molecule has 0 spiro atoms. The van der Waals surface area contributed by atoms with Crippen molar-refractivity contribution >= 4 is 29.2 Å². The van der Waals surface area contributed by atoms with Crippen LogP contribution in [0.5, 0.6) is 5.75 Å². The molecule has 0 bridgehead atoms. The van der Waals surface area contributed by atoms with Crippen LogP contribution in [0.25, 0.3) is 0 Å². The number of aromatic nitrogens is 1. The number of pyridine rings is 1. The van der Waals surface area contributed by atoms with E-state index in [-0.39, 0.29) is 22.6 Å². The number of methoxy groups -OCH3 is 1. The van der Waals surface area contributed by atoms with Crippen LogP contribution in [0.4, 0.5) is 0 Å². The Morgan fingerprint density at radius 1 is 1.32 bits per heavy atom. The van der Waals surface area contributed by atoms with Gasteiger partial charge >= 0.3 is 5.97 Å². The second-order valence-corrected chi connectivity index (χ2v) is 7.34. The third-order valence-electron chi connectivity index (χ3n) is 4.78. The smallest absolute Gasteiger partial charge is 0.340 e. The predicted molar refractivity (Wildman–Crippen MR) is 108 cm³/mol. The van der Waals surface area contributed by atoms with Crippen LogP contribution in [-0.4, -0.2) is 17.6 Å². The van der Waals surface area contributed by atoms with Crippen LogP contribution in [-0.2, 0) is 23.0 Å². The Kier molecular flexibility index (Phi) is 5.72. The third kappa shape index (κ3) is 3.38. The van der Waals surface area contributed by atoms with Gasteiger partial charge in [-0.15, -0.1) is 0 Å². The van der Waals surface area contributed by atoms with Crippen molar-refractivity contribution in [2.75, 3.05) is 7.11 Å². The van der Waals surface area contributed by atoms with Gasteiger partial charge in [-0.3, -0.25) is 4.79 Å². The number of fused-ring (bicyclic) bond motifs is 1. The van der Waals surface area contributed by atoms with Gasteiger partial charge in [0.25, 0.3) is 5.56 Å². The zero-order chi connectivity index (χ0) is 20.6. The molecule has 8 heteroatoms. The minimum atomic E-state index is -0.838. The van der Waals surface area contributed by atoms with E-state index in [9.17, 15) is 9.59 Å². The first-order valence-corrected chi connectivity index (χ1v) is 9.49. The van der Waals surface area contributed by atoms with Gasteiger partial charge in [-0.2, -0.15) is 0 Å². The summed E-state index contributed by atoms with van der Waals surface area (Å²) in [6.07, 6.45) is 1.56. The lowest BCUT2D eigenvalue weighted by Gasteiger charge is -2.29. The molecule has 28 heavy (non-hydrogen) atoms. The molecule has 1 aliphatic heterocycles. The lowest BCUT2D eigenvalue weighted by molar-refractivity contribution is -0.136. The monoisotopic (exact) mass is 422 g/mol. The molecule has 1 aromatic heterocycles. The van der Waals surface area contributed by atoms with Crippen LogP contribution in [0.15, 0.2) is 40.5 Å². The lowest BCUT2D eigenvalue weighted by atomic mass is 9.83. The number of rotatable bonds is 4. The maximum absolute atomic E-state index is 13.2. The first-order valence-electron chi connectivity index (χ1n) is 8.73. The van der Waals surface area contributed by atoms with E-state index in [1.165, 1.54) is 7.11 Å². The molecule has 3 rings (SSSR count). The average molecular weight is 423 g/mol. The molecular formula is C20H20Cl2N2O4. The van der Waals surface area contributed by atoms with Gasteiger partial charge < -0.3 is 19.8 Å². The van der Waals surface area contributed by atoms with E-state index in [0.29, 0.717) is 27.8 Å². The largest absolute Gasteiger partial charge is 0.465 e. The zero-order valence-electron chi connectivity index (χ0n) is 15.7. The first-order chi connectivity index (χ1) is 13.3. The molecule has 0 saturated heterocycles. The lowest BCUT2D eigenvalue weighted by Crippen LogP contribution is -2.34. The fourth-order valence-electron chi connectivity index (χ4n) is 3.42. The highest BCUT2D eigenvalue weighted by molar-refractivity contribution is 6.35. The van der Waals surface area contributed by atoms with Crippen molar-refractivity contribution in [2.24, 2.45) is 12.8 Å². The zero-order valence-corrected chi connectivity index (χ0v) is 17.2. The Balaban J connectivity index is 2.35. The molecule has 2 aromatic rings. The number of esters is 1. The Morgan fingerprint density at radius 2 is 2.04 bits per heavy atom. The number of nitrogens with two attached hydrogens (primary N) is 1. The van der Waals surface area contributed by atoms with Gasteiger partial charge in [0.1, 0.15) is 11.3 Å². The van der Waals surface area contributed by atoms with Crippen LogP contribution >= 0.6 is 23.2 Å². The number of benzene rings is 1. The van der Waals surface area contributed by atoms with Crippen LogP contribution in [0.2, 0.25) is 10.0 Å². The second-order valence-electron chi connectivity index (χ2n) is 6.50. The summed E-state index contributed by atoms with van der Waals surface area (Å²) >= 11 is 12.4. The molecule has 2 heterocycles. The van der Waals surface area contributed by atoms with Gasteiger partial charge in [0.15, 0.2) is 0 Å². The van der Waals surface area contributed by atoms with Crippen molar-refractivity contribution in [3.63, 3.8) is 0 Å². The van der Waals surface area contributed by atoms with Crippen molar-refractivity contribution < 1.29 is 14.3 Å². The Morgan fingerprint density at radius 3 is 2.64 bits per heavy atom. The molecule has 0 amide bonds. The van der Waals surface area contributed by atoms with Crippen molar-refractivity contribution in [3.8, 4) is 5.75 Å². The van der Waals surface area contributed by atoms with Crippen LogP contribution < -0.4 is 16.0 Å². The fourth-order valence-corrected chi connectivity index (χ4v) is 3.94. The van der Waals surface area contributed by atoms with E-state index >= 15 is 0 Å². The van der Waals surface area contributed by atoms with Crippen LogP contribution in [0.1, 0.15) is 36.1 Å². The quantitative estimate of drug-likeness (QED) is 0.761. The van der Waals surface area contributed by atoms with Gasteiger partial charge in [-0.25, -0.2) is 4.79 Å². The molecule has 1 atom stereocenters. The van der Waals surface area contributed by atoms with E-state index in [1.54, 1.807) is 35.9 Å². The van der Waals surface area contributed by atoms with E-state index in [0.717, 1.165) is 12.1 Å². The van der Waals surface area contributed by atoms with Crippen LogP contribution in [0, 0.1) is 0 Å². The summed E-state index contributed by atoms with van der Waals surface area (Å²) in [4.78, 5) is 25.7. The number of carbonyl (C=O) groups is 1. The van der Waals surface area contributed by atoms with E-state index < -0.39 is 11.9 Å². The van der Waals surface area contributed by atoms with Crippen molar-refractivity contribution in [3.05, 3.63) is 72.9 Å². The topological polar surface area (TPSA) is 83.5 Å². The van der Waals surface area contributed by atoms with Crippen molar-refractivity contribution in [1.82, 2.24) is 4.57 Å². The number of ether oxygens (including phenoxy) is 2. The molecule has 1 unspecified atom stereocenters. The minimum Gasteiger partial charge on any atom is -0.465 e. The summed E-state index contributed by atoms with van der Waals surface area (Å²) in [5.41, 5.74) is 7.41. The molecule has 0 radical (unpaired) electrons. The molecular weight excluding hydrogens is 403 g/mol. The van der Waals surface area contributed by atoms with Crippen LogP contribution in [0.3, 0.4) is 0 Å². The highest BCUT2D eigenvalue weighted by Crippen LogP contribution is 2.43. The molecule has 1 aliphatic rings. The van der Waals surface area contributed by atoms with Gasteiger partial charge in [-0.1, -0.05) is 42.6 Å². The van der Waals surface area contributed by atoms with E-state index in [4.69, 9.17) is 38.4 Å². The summed E-state index contributed by atoms with van der Waals surface area (Å²) < 4.78 is 12.1. The predicted octanol–water partition coefficient (Wildman–Crippen LogP) is 3.51. The summed E-state index contributed by atoms with van der Waals surface area (Å²) in [5, 5.41) is 0.739. The number of carbonyl (C=O) groups excluding carboxylic acids is 1. The Labute approximate surface area is 172 Å². The normalized spacial score (nSPS) is 15.8. The van der Waals surface area contributed by atoms with Gasteiger partial charge in [-0.05, 0) is 24.1 Å². The summed E-state index contributed by atoms with van der Waals surface area (Å²) in [7, 11) is 2.93. The molecule has 0 aliphatic carbocycles. The number of halogens is 2. The highest BCUT2D eigenvalue weighted by Gasteiger charge is 2.39. The molecule has 1 aromatic carbocycles. The minimum absolute atomic E-state index is 0.0274. The standard InChI is InChI=1S/C20H20Cl2N2O4/c1-4-5-11-9-14-16(19(25)24(11)2)15(12-7-6-10(21)8-13(12)22)17(18(23)28-14)20(26)27-3/h6-9,15H,4-5,23H2,1-3H3. The van der Waals surface area contributed by atoms with Gasteiger partial charge in [0.2, 0.25) is 5.88 Å². The number of hydrogen-bond acceptors (Lipinski definition) is 5. The Hall–Kier alpha value is -2.44. The first kappa shape index (κ1) is 20.3. The molecule has 148 valence electrons. The summed E-state index contributed by atoms with van der Waals surface area (Å²) in [6, 6.07) is 6.63. The number of nitrogens with zero attached hydrogens (tertiary/aromatic N) is 1. The van der Waals surface area contributed by atoms with E-state index in [1.807, 2.05) is 6.92 Å². The van der Waals surface area contributed by atoms with E-state index in [2.05, 4.69) is 0 Å². The highest BCUT2D eigenvalue weighted by atomic mass is 35.5. The second kappa shape index (κ2) is 7.89. The maximum Gasteiger partial charge on any atom is 0.340 e. The maximum atomic E-state index is 13.2. The number of aryl methyl sites for hydroxylation is 1. The summed E-state index contributed by atoms with van der Waals surface area (Å²) in [6.45, 7) is 2.02.